The summed E-state index contributed by atoms with van der Waals surface area (Å²) in [6.07, 6.45) is 0.715. The van der Waals surface area contributed by atoms with E-state index in [2.05, 4.69) is 40.9 Å². The molecule has 0 bridgehead atoms. The van der Waals surface area contributed by atoms with Crippen molar-refractivity contribution in [3.8, 4) is 22.5 Å². The third kappa shape index (κ3) is 6.98. The van der Waals surface area contributed by atoms with Crippen LogP contribution >= 0.6 is 0 Å². The first-order valence-corrected chi connectivity index (χ1v) is 14.5. The Morgan fingerprint density at radius 2 is 1.74 bits per heavy atom. The van der Waals surface area contributed by atoms with Crippen LogP contribution in [0.5, 0.6) is 0 Å². The van der Waals surface area contributed by atoms with Crippen molar-refractivity contribution in [2.24, 2.45) is 5.92 Å². The largest absolute Gasteiger partial charge is 0.379 e. The van der Waals surface area contributed by atoms with Gasteiger partial charge in [0.2, 0.25) is 5.95 Å². The second-order valence-electron chi connectivity index (χ2n) is 9.94. The number of nitrogens with one attached hydrogen (secondary N) is 1. The van der Waals surface area contributed by atoms with Crippen LogP contribution in [0.3, 0.4) is 0 Å². The summed E-state index contributed by atoms with van der Waals surface area (Å²) in [6.45, 7) is 10.3. The van der Waals surface area contributed by atoms with Crippen LogP contribution in [0.15, 0.2) is 36.4 Å². The standard InChI is InChI=1S/C25H30FN7O.CH4O3S/c1-15(2)14-33-24-20(29-25(33)27)9-8-19(28-24)21-22(16(3)32-10-12-34-13-11-32)30-31-23(21)17-4-6-18(26)7-5-17;1-5(2,3)4/h4-9,15-16H,10-14H2,1-3H3,(H2,27,29)(H,30,31);1H3,(H,2,3,4). The highest BCUT2D eigenvalue weighted by Gasteiger charge is 2.27. The number of ether oxygens (including phenoxy) is 1. The number of imidazole rings is 1. The van der Waals surface area contributed by atoms with Crippen molar-refractivity contribution >= 4 is 27.2 Å². The van der Waals surface area contributed by atoms with Crippen LogP contribution in [-0.4, -0.2) is 75.2 Å². The van der Waals surface area contributed by atoms with Crippen LogP contribution in [0.1, 0.15) is 32.5 Å². The number of anilines is 1. The van der Waals surface area contributed by atoms with Gasteiger partial charge in [-0.25, -0.2) is 14.4 Å². The Hall–Kier alpha value is -3.39. The van der Waals surface area contributed by atoms with Crippen LogP contribution in [-0.2, 0) is 21.4 Å². The second kappa shape index (κ2) is 11.8. The Morgan fingerprint density at radius 3 is 2.36 bits per heavy atom. The van der Waals surface area contributed by atoms with Crippen molar-refractivity contribution in [1.29, 1.82) is 0 Å². The zero-order valence-electron chi connectivity index (χ0n) is 22.4. The van der Waals surface area contributed by atoms with Crippen molar-refractivity contribution in [3.05, 3.63) is 47.9 Å². The molecule has 4 aromatic rings. The molecule has 4 N–H and O–H groups in total. The minimum absolute atomic E-state index is 0.0729. The molecule has 1 saturated heterocycles. The summed E-state index contributed by atoms with van der Waals surface area (Å²) in [5.41, 5.74) is 11.9. The first kappa shape index (κ1) is 28.6. The molecule has 1 aliphatic heterocycles. The van der Waals surface area contributed by atoms with Crippen LogP contribution in [0.25, 0.3) is 33.7 Å². The molecule has 5 rings (SSSR count). The van der Waals surface area contributed by atoms with Gasteiger partial charge in [-0.2, -0.15) is 13.5 Å². The Labute approximate surface area is 227 Å². The van der Waals surface area contributed by atoms with E-state index in [4.69, 9.17) is 20.0 Å². The smallest absolute Gasteiger partial charge is 0.261 e. The second-order valence-corrected chi connectivity index (χ2v) is 11.4. The zero-order chi connectivity index (χ0) is 28.3. The highest BCUT2D eigenvalue weighted by atomic mass is 32.2. The molecule has 1 unspecified atom stereocenters. The molecule has 0 spiro atoms. The van der Waals surface area contributed by atoms with Crippen LogP contribution in [0.4, 0.5) is 10.3 Å². The van der Waals surface area contributed by atoms with Gasteiger partial charge in [-0.15, -0.1) is 0 Å². The van der Waals surface area contributed by atoms with Gasteiger partial charge in [0.1, 0.15) is 17.0 Å². The van der Waals surface area contributed by atoms with Crippen LogP contribution in [0.2, 0.25) is 0 Å². The lowest BCUT2D eigenvalue weighted by molar-refractivity contribution is 0.0191. The third-order valence-electron chi connectivity index (χ3n) is 6.35. The summed E-state index contributed by atoms with van der Waals surface area (Å²) in [7, 11) is -3.67. The van der Waals surface area contributed by atoms with Gasteiger partial charge in [0.25, 0.3) is 10.1 Å². The molecule has 1 aliphatic rings. The molecule has 1 fully saturated rings. The Kier molecular flexibility index (Phi) is 8.64. The van der Waals surface area contributed by atoms with E-state index < -0.39 is 10.1 Å². The Balaban J connectivity index is 0.000000648. The number of aromatic amines is 1. The third-order valence-corrected chi connectivity index (χ3v) is 6.35. The summed E-state index contributed by atoms with van der Waals surface area (Å²) in [5.74, 6) is 0.572. The maximum atomic E-state index is 13.6. The summed E-state index contributed by atoms with van der Waals surface area (Å²) in [6, 6.07) is 10.4. The number of pyridine rings is 1. The highest BCUT2D eigenvalue weighted by Crippen LogP contribution is 2.37. The number of fused-ring (bicyclic) bond motifs is 1. The fourth-order valence-corrected chi connectivity index (χ4v) is 4.58. The average Bonchev–Trinajstić information content (AvgIpc) is 3.44. The SMILES string of the molecule is CC(C)Cn1c(N)nc2ccc(-c3c(-c4ccc(F)cc4)n[nH]c3C(C)N3CCOCC3)nc21.CS(=O)(=O)O. The van der Waals surface area contributed by atoms with Gasteiger partial charge in [-0.1, -0.05) is 13.8 Å². The van der Waals surface area contributed by atoms with Gasteiger partial charge in [0.05, 0.1) is 36.4 Å². The van der Waals surface area contributed by atoms with Crippen molar-refractivity contribution in [1.82, 2.24) is 29.6 Å². The topological polar surface area (TPSA) is 152 Å². The van der Waals surface area contributed by atoms with E-state index in [-0.39, 0.29) is 11.9 Å². The van der Waals surface area contributed by atoms with Gasteiger partial charge in [-0.05, 0) is 49.2 Å². The predicted molar refractivity (Wildman–Crippen MR) is 148 cm³/mol. The van der Waals surface area contributed by atoms with Crippen molar-refractivity contribution < 1.29 is 22.1 Å². The molecule has 0 saturated carbocycles. The van der Waals surface area contributed by atoms with Gasteiger partial charge in [-0.3, -0.25) is 19.1 Å². The molecular formula is C26H34FN7O4S. The number of morpholine rings is 1. The van der Waals surface area contributed by atoms with Gasteiger partial charge < -0.3 is 10.5 Å². The molecule has 210 valence electrons. The fraction of sp³-hybridized carbons (Fsp3) is 0.423. The van der Waals surface area contributed by atoms with E-state index in [1.807, 2.05) is 16.7 Å². The first-order chi connectivity index (χ1) is 18.4. The number of H-pyrrole nitrogens is 1. The molecule has 11 nitrogen and oxygen atoms in total. The minimum Gasteiger partial charge on any atom is -0.379 e. The first-order valence-electron chi connectivity index (χ1n) is 12.6. The number of nitrogens with two attached hydrogens (primary N) is 1. The van der Waals surface area contributed by atoms with Gasteiger partial charge in [0.15, 0.2) is 5.65 Å². The maximum absolute atomic E-state index is 13.6. The van der Waals surface area contributed by atoms with Crippen molar-refractivity contribution in [3.63, 3.8) is 0 Å². The number of nitrogens with zero attached hydrogens (tertiary/aromatic N) is 5. The monoisotopic (exact) mass is 559 g/mol. The van der Waals surface area contributed by atoms with E-state index >= 15 is 0 Å². The number of hydrogen-bond acceptors (Lipinski definition) is 8. The number of aromatic nitrogens is 5. The number of rotatable bonds is 6. The zero-order valence-corrected chi connectivity index (χ0v) is 23.2. The van der Waals surface area contributed by atoms with Gasteiger partial charge in [0, 0.05) is 31.2 Å². The van der Waals surface area contributed by atoms with E-state index in [0.717, 1.165) is 59.0 Å². The molecule has 0 amide bonds. The Morgan fingerprint density at radius 1 is 1.10 bits per heavy atom. The van der Waals surface area contributed by atoms with E-state index in [0.29, 0.717) is 31.3 Å². The molecule has 4 heterocycles. The molecule has 1 atom stereocenters. The number of halogens is 1. The number of nitrogen functional groups attached to an aromatic ring is 1. The van der Waals surface area contributed by atoms with E-state index in [1.54, 1.807) is 12.1 Å². The molecule has 0 aliphatic carbocycles. The summed E-state index contributed by atoms with van der Waals surface area (Å²) in [5, 5.41) is 7.94. The van der Waals surface area contributed by atoms with Gasteiger partial charge >= 0.3 is 0 Å². The predicted octanol–water partition coefficient (Wildman–Crippen LogP) is 3.76. The minimum atomic E-state index is -3.67. The quantitative estimate of drug-likeness (QED) is 0.300. The lowest BCUT2D eigenvalue weighted by Crippen LogP contribution is -2.38. The molecular weight excluding hydrogens is 525 g/mol. The number of benzene rings is 1. The van der Waals surface area contributed by atoms with E-state index in [1.165, 1.54) is 12.1 Å². The summed E-state index contributed by atoms with van der Waals surface area (Å²) >= 11 is 0. The molecule has 0 radical (unpaired) electrons. The Bertz CT molecular complexity index is 1520. The molecule has 13 heteroatoms. The fourth-order valence-electron chi connectivity index (χ4n) is 4.58. The lowest BCUT2D eigenvalue weighted by atomic mass is 9.99. The molecule has 1 aromatic carbocycles. The summed E-state index contributed by atoms with van der Waals surface area (Å²) in [4.78, 5) is 11.9. The summed E-state index contributed by atoms with van der Waals surface area (Å²) < 4.78 is 47.0. The highest BCUT2D eigenvalue weighted by molar-refractivity contribution is 7.85. The lowest BCUT2D eigenvalue weighted by Gasteiger charge is -2.32. The molecule has 39 heavy (non-hydrogen) atoms. The van der Waals surface area contributed by atoms with Crippen LogP contribution < -0.4 is 5.73 Å². The molecule has 3 aromatic heterocycles. The number of hydrogen-bond donors (Lipinski definition) is 3. The van der Waals surface area contributed by atoms with Crippen LogP contribution in [0, 0.1) is 11.7 Å². The average molecular weight is 560 g/mol. The van der Waals surface area contributed by atoms with Crippen molar-refractivity contribution in [2.75, 3.05) is 38.3 Å². The van der Waals surface area contributed by atoms with E-state index in [9.17, 15) is 12.8 Å². The normalized spacial score (nSPS) is 15.4. The maximum Gasteiger partial charge on any atom is 0.261 e. The van der Waals surface area contributed by atoms with Crippen molar-refractivity contribution in [2.45, 2.75) is 33.4 Å².